The van der Waals surface area contributed by atoms with Gasteiger partial charge in [0, 0.05) is 12.7 Å². The lowest BCUT2D eigenvalue weighted by Gasteiger charge is -1.94. The van der Waals surface area contributed by atoms with Gasteiger partial charge in [-0.15, -0.1) is 0 Å². The lowest BCUT2D eigenvalue weighted by Crippen LogP contribution is -2.00. The van der Waals surface area contributed by atoms with Crippen LogP contribution in [0.2, 0.25) is 0 Å². The van der Waals surface area contributed by atoms with E-state index in [2.05, 4.69) is 12.0 Å². The van der Waals surface area contributed by atoms with E-state index in [0.717, 1.165) is 19.4 Å². The van der Waals surface area contributed by atoms with Crippen LogP contribution in [0.15, 0.2) is 0 Å². The highest BCUT2D eigenvalue weighted by Crippen LogP contribution is 2.09. The first-order valence-electron chi connectivity index (χ1n) is 2.76. The fraction of sp³-hybridized carbons (Fsp3) is 0.667. The van der Waals surface area contributed by atoms with Gasteiger partial charge in [0.1, 0.15) is 6.10 Å². The molecule has 0 aromatic heterocycles. The zero-order valence-corrected chi connectivity index (χ0v) is 4.68. The van der Waals surface area contributed by atoms with E-state index in [4.69, 9.17) is 10.5 Å². The van der Waals surface area contributed by atoms with Gasteiger partial charge in [0.05, 0.1) is 0 Å². The van der Waals surface area contributed by atoms with Crippen molar-refractivity contribution in [2.45, 2.75) is 18.9 Å². The Kier molecular flexibility index (Phi) is 1.76. The summed E-state index contributed by atoms with van der Waals surface area (Å²) in [5.74, 6) is 2.75. The number of nitrogens with two attached hydrogens (primary N) is 1. The molecule has 2 heteroatoms. The molecule has 0 aliphatic carbocycles. The second kappa shape index (κ2) is 2.58. The van der Waals surface area contributed by atoms with Gasteiger partial charge in [-0.05, 0) is 18.8 Å². The monoisotopic (exact) mass is 111 g/mol. The lowest BCUT2D eigenvalue weighted by atomic mass is 10.2. The van der Waals surface area contributed by atoms with Crippen molar-refractivity contribution < 1.29 is 4.74 Å². The van der Waals surface area contributed by atoms with Crippen LogP contribution in [-0.4, -0.2) is 12.7 Å². The van der Waals surface area contributed by atoms with E-state index < -0.39 is 0 Å². The molecule has 0 unspecified atom stereocenters. The molecule has 1 rings (SSSR count). The molecule has 2 nitrogen and oxygen atoms in total. The molecule has 1 aliphatic rings. The molecule has 0 bridgehead atoms. The zero-order chi connectivity index (χ0) is 5.82. The van der Waals surface area contributed by atoms with Crippen molar-refractivity contribution in [1.82, 2.24) is 0 Å². The van der Waals surface area contributed by atoms with Crippen LogP contribution in [0.4, 0.5) is 0 Å². The highest BCUT2D eigenvalue weighted by molar-refractivity contribution is 5.02. The fourth-order valence-corrected chi connectivity index (χ4v) is 0.784. The summed E-state index contributed by atoms with van der Waals surface area (Å²) < 4.78 is 5.14. The maximum atomic E-state index is 5.14. The van der Waals surface area contributed by atoms with Crippen molar-refractivity contribution in [2.24, 2.45) is 5.73 Å². The average molecular weight is 111 g/mol. The summed E-state index contributed by atoms with van der Waals surface area (Å²) in [4.78, 5) is 0. The molecule has 1 atom stereocenters. The number of hydrogen-bond donors (Lipinski definition) is 1. The van der Waals surface area contributed by atoms with Crippen LogP contribution in [0.5, 0.6) is 0 Å². The summed E-state index contributed by atoms with van der Waals surface area (Å²) in [5, 5.41) is 0. The van der Waals surface area contributed by atoms with E-state index in [-0.39, 0.29) is 6.10 Å². The van der Waals surface area contributed by atoms with E-state index in [0.29, 0.717) is 0 Å². The Bertz CT molecular complexity index is 116. The number of hydrogen-bond acceptors (Lipinski definition) is 2. The molecule has 44 valence electrons. The Balaban J connectivity index is 2.32. The summed E-state index contributed by atoms with van der Waals surface area (Å²) in [5.41, 5.74) is 4.97. The Morgan fingerprint density at radius 3 is 3.00 bits per heavy atom. The minimum absolute atomic E-state index is 0.125. The van der Waals surface area contributed by atoms with Crippen LogP contribution in [0, 0.1) is 12.0 Å². The predicted octanol–water partition coefficient (Wildman–Crippen LogP) is 0.0850. The Morgan fingerprint density at radius 1 is 1.62 bits per heavy atom. The normalized spacial score (nSPS) is 26.8. The SMILES string of the molecule is NC#C[C@H]1CCCO1. The Morgan fingerprint density at radius 2 is 2.50 bits per heavy atom. The first-order chi connectivity index (χ1) is 3.93. The van der Waals surface area contributed by atoms with E-state index in [1.54, 1.807) is 0 Å². The highest BCUT2D eigenvalue weighted by atomic mass is 16.5. The first-order valence-corrected chi connectivity index (χ1v) is 2.76. The van der Waals surface area contributed by atoms with Crippen LogP contribution < -0.4 is 5.73 Å². The molecule has 0 radical (unpaired) electrons. The fourth-order valence-electron chi connectivity index (χ4n) is 0.784. The minimum atomic E-state index is 0.125. The maximum Gasteiger partial charge on any atom is 0.120 e. The summed E-state index contributed by atoms with van der Waals surface area (Å²) in [6.45, 7) is 0.847. The van der Waals surface area contributed by atoms with Crippen LogP contribution in [0.25, 0.3) is 0 Å². The van der Waals surface area contributed by atoms with Crippen molar-refractivity contribution >= 4 is 0 Å². The van der Waals surface area contributed by atoms with Crippen molar-refractivity contribution in [3.63, 3.8) is 0 Å². The molecule has 2 N–H and O–H groups in total. The molecule has 1 heterocycles. The summed E-state index contributed by atoms with van der Waals surface area (Å²) in [6, 6.07) is 2.33. The van der Waals surface area contributed by atoms with Crippen molar-refractivity contribution in [2.75, 3.05) is 6.61 Å². The summed E-state index contributed by atoms with van der Waals surface area (Å²) in [7, 11) is 0. The number of ether oxygens (including phenoxy) is 1. The second-order valence-electron chi connectivity index (χ2n) is 1.79. The molecule has 0 amide bonds. The molecule has 1 fully saturated rings. The van der Waals surface area contributed by atoms with Crippen LogP contribution in [-0.2, 0) is 4.74 Å². The van der Waals surface area contributed by atoms with Gasteiger partial charge in [-0.25, -0.2) is 0 Å². The zero-order valence-electron chi connectivity index (χ0n) is 4.68. The average Bonchev–Trinajstić information content (AvgIpc) is 2.19. The summed E-state index contributed by atoms with van der Waals surface area (Å²) >= 11 is 0. The topological polar surface area (TPSA) is 35.2 Å². The van der Waals surface area contributed by atoms with Gasteiger partial charge in [0.15, 0.2) is 0 Å². The van der Waals surface area contributed by atoms with Crippen molar-refractivity contribution in [3.8, 4) is 12.0 Å². The molecule has 0 aromatic carbocycles. The van der Waals surface area contributed by atoms with E-state index in [9.17, 15) is 0 Å². The van der Waals surface area contributed by atoms with E-state index in [1.807, 2.05) is 0 Å². The van der Waals surface area contributed by atoms with Crippen molar-refractivity contribution in [1.29, 1.82) is 0 Å². The smallest absolute Gasteiger partial charge is 0.120 e. The van der Waals surface area contributed by atoms with Crippen LogP contribution in [0.1, 0.15) is 12.8 Å². The third-order valence-corrected chi connectivity index (χ3v) is 1.17. The Hall–Kier alpha value is -0.680. The maximum absolute atomic E-state index is 5.14. The second-order valence-corrected chi connectivity index (χ2v) is 1.79. The molecule has 0 spiro atoms. The van der Waals surface area contributed by atoms with Gasteiger partial charge in [-0.3, -0.25) is 0 Å². The third-order valence-electron chi connectivity index (χ3n) is 1.17. The largest absolute Gasteiger partial charge is 0.365 e. The molecular formula is C6H9NO. The van der Waals surface area contributed by atoms with Gasteiger partial charge >= 0.3 is 0 Å². The molecule has 0 saturated carbocycles. The van der Waals surface area contributed by atoms with E-state index in [1.165, 1.54) is 0 Å². The summed E-state index contributed by atoms with van der Waals surface area (Å²) in [6.07, 6.45) is 2.30. The van der Waals surface area contributed by atoms with Crippen LogP contribution in [0.3, 0.4) is 0 Å². The van der Waals surface area contributed by atoms with Gasteiger partial charge in [0.25, 0.3) is 0 Å². The molecule has 0 aromatic rings. The number of rotatable bonds is 0. The van der Waals surface area contributed by atoms with Gasteiger partial charge in [0.2, 0.25) is 0 Å². The van der Waals surface area contributed by atoms with E-state index >= 15 is 0 Å². The third kappa shape index (κ3) is 1.14. The quantitative estimate of drug-likeness (QED) is 0.355. The first kappa shape index (κ1) is 5.46. The Labute approximate surface area is 49.0 Å². The highest BCUT2D eigenvalue weighted by Gasteiger charge is 2.11. The molecule has 8 heavy (non-hydrogen) atoms. The molecular weight excluding hydrogens is 102 g/mol. The van der Waals surface area contributed by atoms with Gasteiger partial charge < -0.3 is 10.5 Å². The molecule has 1 saturated heterocycles. The molecule has 1 aliphatic heterocycles. The minimum Gasteiger partial charge on any atom is -0.365 e. The predicted molar refractivity (Wildman–Crippen MR) is 30.9 cm³/mol. The van der Waals surface area contributed by atoms with Gasteiger partial charge in [-0.1, -0.05) is 0 Å². The lowest BCUT2D eigenvalue weighted by molar-refractivity contribution is 0.152. The van der Waals surface area contributed by atoms with Gasteiger partial charge in [-0.2, -0.15) is 0 Å². The van der Waals surface area contributed by atoms with Crippen molar-refractivity contribution in [3.05, 3.63) is 0 Å². The van der Waals surface area contributed by atoms with Crippen LogP contribution >= 0.6 is 0 Å². The standard InChI is InChI=1S/C6H9NO/c7-4-3-6-2-1-5-8-6/h6H,1-2,5,7H2/t6-/m1/s1.